The molecule has 1 amide bonds. The van der Waals surface area contributed by atoms with E-state index in [1.165, 1.54) is 0 Å². The lowest BCUT2D eigenvalue weighted by atomic mass is 10.1. The minimum Gasteiger partial charge on any atom is -0.482 e. The molecule has 7 heteroatoms. The number of aryl methyl sites for hydroxylation is 1. The van der Waals surface area contributed by atoms with Crippen molar-refractivity contribution in [3.8, 4) is 5.75 Å². The Bertz CT molecular complexity index is 750. The minimum atomic E-state index is -1.03. The number of rotatable bonds is 7. The summed E-state index contributed by atoms with van der Waals surface area (Å²) < 4.78 is 6.68. The van der Waals surface area contributed by atoms with Crippen LogP contribution in [0.5, 0.6) is 5.75 Å². The zero-order valence-corrected chi connectivity index (χ0v) is 14.8. The first-order chi connectivity index (χ1) is 11.8. The molecule has 0 spiro atoms. The van der Waals surface area contributed by atoms with Gasteiger partial charge in [-0.1, -0.05) is 26.0 Å². The number of carboxylic acid groups (broad SMARTS) is 1. The fourth-order valence-electron chi connectivity index (χ4n) is 2.34. The second-order valence-corrected chi connectivity index (χ2v) is 6.18. The van der Waals surface area contributed by atoms with Gasteiger partial charge in [0.1, 0.15) is 11.4 Å². The maximum Gasteiger partial charge on any atom is 0.341 e. The smallest absolute Gasteiger partial charge is 0.341 e. The lowest BCUT2D eigenvalue weighted by Crippen LogP contribution is -2.28. The average molecular weight is 345 g/mol. The molecule has 0 aliphatic carbocycles. The maximum atomic E-state index is 12.5. The Balaban J connectivity index is 2.02. The Morgan fingerprint density at radius 3 is 2.40 bits per heavy atom. The number of carbonyl (C=O) groups excluding carboxylic acids is 1. The number of aromatic nitrogens is 2. The van der Waals surface area contributed by atoms with Crippen molar-refractivity contribution < 1.29 is 19.4 Å². The third-order valence-corrected chi connectivity index (χ3v) is 3.81. The predicted octanol–water partition coefficient (Wildman–Crippen LogP) is 2.50. The normalized spacial score (nSPS) is 12.0. The number of ether oxygens (including phenoxy) is 1. The van der Waals surface area contributed by atoms with Gasteiger partial charge in [-0.05, 0) is 36.6 Å². The third kappa shape index (κ3) is 4.82. The summed E-state index contributed by atoms with van der Waals surface area (Å²) in [5.41, 5.74) is 2.28. The lowest BCUT2D eigenvalue weighted by Gasteiger charge is -2.15. The van der Waals surface area contributed by atoms with Gasteiger partial charge in [0.2, 0.25) is 0 Å². The second-order valence-electron chi connectivity index (χ2n) is 6.18. The second kappa shape index (κ2) is 7.83. The van der Waals surface area contributed by atoms with Crippen LogP contribution in [-0.4, -0.2) is 33.4 Å². The van der Waals surface area contributed by atoms with E-state index in [9.17, 15) is 9.59 Å². The number of benzene rings is 1. The van der Waals surface area contributed by atoms with Crippen molar-refractivity contribution in [3.05, 3.63) is 47.3 Å². The van der Waals surface area contributed by atoms with Crippen molar-refractivity contribution in [2.24, 2.45) is 7.05 Å². The number of nitrogens with one attached hydrogen (secondary N) is 1. The van der Waals surface area contributed by atoms with Gasteiger partial charge in [0, 0.05) is 7.05 Å². The molecule has 0 saturated heterocycles. The molecule has 25 heavy (non-hydrogen) atoms. The van der Waals surface area contributed by atoms with Gasteiger partial charge in [0.25, 0.3) is 5.91 Å². The fourth-order valence-corrected chi connectivity index (χ4v) is 2.34. The summed E-state index contributed by atoms with van der Waals surface area (Å²) in [5.74, 6) is -0.497. The number of aliphatic carboxylic acids is 1. The predicted molar refractivity (Wildman–Crippen MR) is 92.8 cm³/mol. The Labute approximate surface area is 146 Å². The van der Waals surface area contributed by atoms with Crippen LogP contribution < -0.4 is 10.1 Å². The van der Waals surface area contributed by atoms with Crippen LogP contribution in [0.1, 0.15) is 54.5 Å². The topological polar surface area (TPSA) is 93.5 Å². The van der Waals surface area contributed by atoms with Gasteiger partial charge in [0.05, 0.1) is 11.7 Å². The van der Waals surface area contributed by atoms with E-state index in [0.29, 0.717) is 11.4 Å². The van der Waals surface area contributed by atoms with Crippen LogP contribution in [0.2, 0.25) is 0 Å². The summed E-state index contributed by atoms with van der Waals surface area (Å²) >= 11 is 0. The number of carboxylic acids is 1. The van der Waals surface area contributed by atoms with Crippen LogP contribution in [0, 0.1) is 0 Å². The molecule has 134 valence electrons. The summed E-state index contributed by atoms with van der Waals surface area (Å²) in [4.78, 5) is 23.0. The van der Waals surface area contributed by atoms with E-state index in [1.807, 2.05) is 20.8 Å². The first-order valence-corrected chi connectivity index (χ1v) is 8.07. The van der Waals surface area contributed by atoms with Crippen molar-refractivity contribution in [1.82, 2.24) is 15.1 Å². The van der Waals surface area contributed by atoms with Crippen LogP contribution >= 0.6 is 0 Å². The van der Waals surface area contributed by atoms with Crippen molar-refractivity contribution in [3.63, 3.8) is 0 Å². The van der Waals surface area contributed by atoms with E-state index in [-0.39, 0.29) is 24.5 Å². The van der Waals surface area contributed by atoms with Gasteiger partial charge in [-0.15, -0.1) is 0 Å². The monoisotopic (exact) mass is 345 g/mol. The maximum absolute atomic E-state index is 12.5. The van der Waals surface area contributed by atoms with E-state index in [1.54, 1.807) is 42.1 Å². The van der Waals surface area contributed by atoms with E-state index in [4.69, 9.17) is 9.84 Å². The number of nitrogens with zero attached hydrogens (tertiary/aromatic N) is 2. The summed E-state index contributed by atoms with van der Waals surface area (Å²) in [6.07, 6.45) is 0. The van der Waals surface area contributed by atoms with Crippen molar-refractivity contribution in [2.45, 2.75) is 32.7 Å². The number of hydrogen-bond acceptors (Lipinski definition) is 4. The molecule has 2 aromatic rings. The summed E-state index contributed by atoms with van der Waals surface area (Å²) in [6, 6.07) is 8.55. The number of carbonyl (C=O) groups is 2. The molecule has 1 heterocycles. The molecule has 2 N–H and O–H groups in total. The molecule has 1 aromatic carbocycles. The summed E-state index contributed by atoms with van der Waals surface area (Å²) in [6.45, 7) is 5.55. The molecule has 0 radical (unpaired) electrons. The van der Waals surface area contributed by atoms with Crippen LogP contribution in [-0.2, 0) is 11.8 Å². The van der Waals surface area contributed by atoms with Gasteiger partial charge < -0.3 is 15.2 Å². The largest absolute Gasteiger partial charge is 0.482 e. The lowest BCUT2D eigenvalue weighted by molar-refractivity contribution is -0.139. The minimum absolute atomic E-state index is 0.194. The zero-order chi connectivity index (χ0) is 18.6. The molecular weight excluding hydrogens is 322 g/mol. The highest BCUT2D eigenvalue weighted by molar-refractivity contribution is 5.93. The molecule has 0 aliphatic rings. The number of hydrogen-bond donors (Lipinski definition) is 2. The van der Waals surface area contributed by atoms with Gasteiger partial charge >= 0.3 is 5.97 Å². The zero-order valence-electron chi connectivity index (χ0n) is 14.8. The highest BCUT2D eigenvalue weighted by Gasteiger charge is 2.17. The Hall–Kier alpha value is -2.83. The van der Waals surface area contributed by atoms with E-state index in [2.05, 4.69) is 10.4 Å². The molecule has 1 aromatic heterocycles. The standard InChI is InChI=1S/C18H23N3O4/c1-11(2)15-9-16(21(4)20-15)18(24)19-12(3)13-5-7-14(8-6-13)25-10-17(22)23/h5-9,11-12H,10H2,1-4H3,(H,19,24)(H,22,23). The van der Waals surface area contributed by atoms with Gasteiger partial charge in [-0.3, -0.25) is 9.48 Å². The molecule has 0 aliphatic heterocycles. The quantitative estimate of drug-likeness (QED) is 0.804. The molecular formula is C18H23N3O4. The van der Waals surface area contributed by atoms with Gasteiger partial charge in [0.15, 0.2) is 6.61 Å². The van der Waals surface area contributed by atoms with Crippen molar-refractivity contribution >= 4 is 11.9 Å². The molecule has 0 saturated carbocycles. The molecule has 7 nitrogen and oxygen atoms in total. The van der Waals surface area contributed by atoms with Crippen molar-refractivity contribution in [2.75, 3.05) is 6.61 Å². The van der Waals surface area contributed by atoms with Gasteiger partial charge in [-0.2, -0.15) is 5.10 Å². The Kier molecular flexibility index (Phi) is 5.80. The van der Waals surface area contributed by atoms with Crippen LogP contribution in [0.15, 0.2) is 30.3 Å². The van der Waals surface area contributed by atoms with Crippen molar-refractivity contribution in [1.29, 1.82) is 0 Å². The first kappa shape index (κ1) is 18.5. The van der Waals surface area contributed by atoms with E-state index in [0.717, 1.165) is 11.3 Å². The average Bonchev–Trinajstić information content (AvgIpc) is 2.95. The first-order valence-electron chi connectivity index (χ1n) is 8.07. The van der Waals surface area contributed by atoms with Crippen LogP contribution in [0.25, 0.3) is 0 Å². The highest BCUT2D eigenvalue weighted by atomic mass is 16.5. The van der Waals surface area contributed by atoms with E-state index < -0.39 is 5.97 Å². The van der Waals surface area contributed by atoms with E-state index >= 15 is 0 Å². The van der Waals surface area contributed by atoms with Gasteiger partial charge in [-0.25, -0.2) is 4.79 Å². The Morgan fingerprint density at radius 1 is 1.24 bits per heavy atom. The molecule has 1 unspecified atom stereocenters. The summed E-state index contributed by atoms with van der Waals surface area (Å²) in [7, 11) is 1.75. The third-order valence-electron chi connectivity index (χ3n) is 3.81. The molecule has 2 rings (SSSR count). The number of amides is 1. The molecule has 0 fully saturated rings. The van der Waals surface area contributed by atoms with Crippen LogP contribution in [0.4, 0.5) is 0 Å². The molecule has 1 atom stereocenters. The SMILES string of the molecule is CC(C)c1cc(C(=O)NC(C)c2ccc(OCC(=O)O)cc2)n(C)n1. The summed E-state index contributed by atoms with van der Waals surface area (Å²) in [5, 5.41) is 15.9. The molecule has 0 bridgehead atoms. The van der Waals surface area contributed by atoms with Crippen LogP contribution in [0.3, 0.4) is 0 Å². The highest BCUT2D eigenvalue weighted by Crippen LogP contribution is 2.19. The Morgan fingerprint density at radius 2 is 1.88 bits per heavy atom. The fraction of sp³-hybridized carbons (Fsp3) is 0.389.